The minimum atomic E-state index is -1.34. The maximum Gasteiger partial charge on any atom is 0.328 e. The molecule has 7 rings (SSSR count). The van der Waals surface area contributed by atoms with Gasteiger partial charge < -0.3 is 40.0 Å². The zero-order chi connectivity index (χ0) is 37.9. The Morgan fingerprint density at radius 1 is 0.852 bits per heavy atom. The summed E-state index contributed by atoms with van der Waals surface area (Å²) in [5.74, 6) is 0.928. The Balaban J connectivity index is 1.29. The van der Waals surface area contributed by atoms with E-state index in [0.717, 1.165) is 11.1 Å². The average molecular weight is 741 g/mol. The Morgan fingerprint density at radius 2 is 1.48 bits per heavy atom. The largest absolute Gasteiger partial charge is 0.497 e. The Kier molecular flexibility index (Phi) is 9.98. The zero-order valence-corrected chi connectivity index (χ0v) is 29.1. The number of fused-ring (bicyclic) bond motifs is 1. The Bertz CT molecular complexity index is 2210. The van der Waals surface area contributed by atoms with Gasteiger partial charge in [-0.15, -0.1) is 10.2 Å². The Labute approximate surface area is 306 Å². The highest BCUT2D eigenvalue weighted by molar-refractivity contribution is 5.97. The number of amides is 3. The number of ether oxygens (including phenoxy) is 2. The van der Waals surface area contributed by atoms with Crippen molar-refractivity contribution in [2.45, 2.75) is 36.8 Å². The summed E-state index contributed by atoms with van der Waals surface area (Å²) in [4.78, 5) is 46.9. The van der Waals surface area contributed by atoms with E-state index < -0.39 is 48.9 Å². The summed E-state index contributed by atoms with van der Waals surface area (Å²) in [6.07, 6.45) is 1.62. The molecule has 1 aliphatic carbocycles. The lowest BCUT2D eigenvalue weighted by atomic mass is 9.98. The van der Waals surface area contributed by atoms with Crippen molar-refractivity contribution in [2.24, 2.45) is 7.05 Å². The number of hydrogen-bond donors (Lipinski definition) is 7. The molecule has 7 N–H and O–H groups in total. The van der Waals surface area contributed by atoms with Gasteiger partial charge in [0.2, 0.25) is 11.9 Å². The van der Waals surface area contributed by atoms with Crippen molar-refractivity contribution in [3.05, 3.63) is 78.6 Å². The van der Waals surface area contributed by atoms with E-state index in [1.807, 2.05) is 48.5 Å². The van der Waals surface area contributed by atoms with Gasteiger partial charge >= 0.3 is 6.03 Å². The number of hydrogen-bond acceptors (Lipinski definition) is 15. The lowest BCUT2D eigenvalue weighted by Gasteiger charge is -2.22. The highest BCUT2D eigenvalue weighted by atomic mass is 16.5. The van der Waals surface area contributed by atoms with Crippen LogP contribution in [0.5, 0.6) is 11.5 Å². The molecule has 0 bridgehead atoms. The third kappa shape index (κ3) is 7.30. The van der Waals surface area contributed by atoms with E-state index in [2.05, 4.69) is 46.4 Å². The number of nitrogens with zero attached hydrogens (tertiary/aromatic N) is 10. The van der Waals surface area contributed by atoms with Crippen molar-refractivity contribution in [3.63, 3.8) is 0 Å². The first-order valence-electron chi connectivity index (χ1n) is 16.5. The average Bonchev–Trinajstić information content (AvgIpc) is 3.99. The fraction of sp³-hybridized carbons (Fsp3) is 0.303. The summed E-state index contributed by atoms with van der Waals surface area (Å²) in [6.45, 7) is -0.774. The second kappa shape index (κ2) is 15.1. The molecule has 21 heteroatoms. The normalized spacial score (nSPS) is 18.1. The van der Waals surface area contributed by atoms with E-state index in [1.165, 1.54) is 28.3 Å². The number of urea groups is 1. The predicted molar refractivity (Wildman–Crippen MR) is 190 cm³/mol. The van der Waals surface area contributed by atoms with Crippen molar-refractivity contribution >= 4 is 40.8 Å². The molecule has 3 amide bonds. The SMILES string of the molecule is COc1ccc(C(Nc2nc(-n3cnc(NC(=O)Nc4ncn(C)n4)n3)nc3c2ncn3[C@@H]2C[C@H](NC(=O)CO)[C@@H](O)[C@H]2O)c2ccc(OC)cc2)cc1. The molecule has 21 nitrogen and oxygen atoms in total. The van der Waals surface area contributed by atoms with Crippen LogP contribution in [-0.2, 0) is 11.8 Å². The quantitative estimate of drug-likeness (QED) is 0.0903. The van der Waals surface area contributed by atoms with Crippen LogP contribution in [0.4, 0.5) is 22.5 Å². The van der Waals surface area contributed by atoms with Crippen LogP contribution in [0, 0.1) is 0 Å². The molecule has 0 aliphatic heterocycles. The van der Waals surface area contributed by atoms with Gasteiger partial charge in [-0.2, -0.15) is 19.6 Å². The molecule has 4 aromatic heterocycles. The minimum absolute atomic E-state index is 0.0143. The third-order valence-corrected chi connectivity index (χ3v) is 8.84. The summed E-state index contributed by atoms with van der Waals surface area (Å²) in [6, 6.07) is 12.2. The number of imidazole rings is 1. The topological polar surface area (TPSA) is 266 Å². The Morgan fingerprint density at radius 3 is 2.07 bits per heavy atom. The zero-order valence-electron chi connectivity index (χ0n) is 29.1. The van der Waals surface area contributed by atoms with Gasteiger partial charge in [0.1, 0.15) is 43.0 Å². The molecule has 0 spiro atoms. The van der Waals surface area contributed by atoms with Crippen LogP contribution in [0.3, 0.4) is 0 Å². The lowest BCUT2D eigenvalue weighted by molar-refractivity contribution is -0.125. The maximum absolute atomic E-state index is 12.6. The lowest BCUT2D eigenvalue weighted by Crippen LogP contribution is -2.44. The van der Waals surface area contributed by atoms with Gasteiger partial charge in [-0.1, -0.05) is 24.3 Å². The first kappa shape index (κ1) is 35.7. The number of methoxy groups -OCH3 is 2. The smallest absolute Gasteiger partial charge is 0.328 e. The van der Waals surface area contributed by atoms with Gasteiger partial charge in [0, 0.05) is 7.05 Å². The fourth-order valence-electron chi connectivity index (χ4n) is 6.17. The number of rotatable bonds is 12. The summed E-state index contributed by atoms with van der Waals surface area (Å²) >= 11 is 0. The summed E-state index contributed by atoms with van der Waals surface area (Å²) in [7, 11) is 4.83. The molecule has 1 aliphatic rings. The number of aliphatic hydroxyl groups is 3. The number of carbonyl (C=O) groups excluding carboxylic acids is 2. The molecule has 0 saturated heterocycles. The van der Waals surface area contributed by atoms with Crippen molar-refractivity contribution in [2.75, 3.05) is 36.8 Å². The van der Waals surface area contributed by atoms with Crippen molar-refractivity contribution < 1.29 is 34.4 Å². The van der Waals surface area contributed by atoms with E-state index in [0.29, 0.717) is 17.0 Å². The monoisotopic (exact) mass is 740 g/mol. The maximum atomic E-state index is 12.6. The van der Waals surface area contributed by atoms with E-state index in [4.69, 9.17) is 19.4 Å². The molecule has 0 radical (unpaired) electrons. The fourth-order valence-corrected chi connectivity index (χ4v) is 6.17. The van der Waals surface area contributed by atoms with Gasteiger partial charge in [0.15, 0.2) is 17.0 Å². The van der Waals surface area contributed by atoms with Crippen LogP contribution in [-0.4, -0.2) is 115 Å². The molecule has 1 saturated carbocycles. The number of aryl methyl sites for hydroxylation is 1. The van der Waals surface area contributed by atoms with Gasteiger partial charge in [-0.05, 0) is 41.8 Å². The first-order valence-corrected chi connectivity index (χ1v) is 16.5. The number of nitrogens with one attached hydrogen (secondary N) is 4. The molecule has 280 valence electrons. The Hall–Kier alpha value is -6.71. The van der Waals surface area contributed by atoms with Crippen LogP contribution >= 0.6 is 0 Å². The van der Waals surface area contributed by atoms with Crippen molar-refractivity contribution in [3.8, 4) is 17.4 Å². The number of anilines is 3. The van der Waals surface area contributed by atoms with E-state index in [9.17, 15) is 24.9 Å². The van der Waals surface area contributed by atoms with E-state index in [1.54, 1.807) is 25.8 Å². The number of aromatic nitrogens is 10. The summed E-state index contributed by atoms with van der Waals surface area (Å²) in [5.41, 5.74) is 2.27. The van der Waals surface area contributed by atoms with E-state index >= 15 is 0 Å². The molecule has 0 unspecified atom stereocenters. The van der Waals surface area contributed by atoms with Crippen LogP contribution in [0.15, 0.2) is 67.5 Å². The molecule has 4 atom stereocenters. The second-order valence-corrected chi connectivity index (χ2v) is 12.3. The van der Waals surface area contributed by atoms with Gasteiger partial charge in [-0.3, -0.25) is 20.1 Å². The van der Waals surface area contributed by atoms with Gasteiger partial charge in [0.05, 0.1) is 38.7 Å². The summed E-state index contributed by atoms with van der Waals surface area (Å²) in [5, 5.41) is 50.7. The molecule has 54 heavy (non-hydrogen) atoms. The van der Waals surface area contributed by atoms with E-state index in [-0.39, 0.29) is 35.7 Å². The van der Waals surface area contributed by atoms with Crippen LogP contribution in [0.2, 0.25) is 0 Å². The third-order valence-electron chi connectivity index (χ3n) is 8.84. The molecule has 6 aromatic rings. The van der Waals surface area contributed by atoms with Crippen molar-refractivity contribution in [1.29, 1.82) is 0 Å². The first-order chi connectivity index (χ1) is 26.1. The summed E-state index contributed by atoms with van der Waals surface area (Å²) < 4.78 is 15.0. The molecular weight excluding hydrogens is 704 g/mol. The highest BCUT2D eigenvalue weighted by Gasteiger charge is 2.44. The van der Waals surface area contributed by atoms with Crippen LogP contribution < -0.4 is 30.7 Å². The number of benzene rings is 2. The van der Waals surface area contributed by atoms with Crippen LogP contribution in [0.1, 0.15) is 29.6 Å². The predicted octanol–water partition coefficient (Wildman–Crippen LogP) is 0.542. The molecular formula is C33H36N14O7. The van der Waals surface area contributed by atoms with Gasteiger partial charge in [-0.25, -0.2) is 14.8 Å². The highest BCUT2D eigenvalue weighted by Crippen LogP contribution is 2.36. The van der Waals surface area contributed by atoms with Crippen molar-refractivity contribution in [1.82, 2.24) is 54.4 Å². The standard InChI is InChI=1S/C33H36N14O7/c1-45-14-35-30(43-45)41-33(52)42-31-36-16-47(44-31)32-39-28(38-24(17-4-8-19(53-2)9-5-17)18-6-10-20(54-3)11-7-18)25-29(40-32)46(15-34-25)22-12-21(26(50)27(22)51)37-23(49)13-48/h4-11,14-16,21-22,24,26-27,48,50-51H,12-13H2,1-3H3,(H,37,49)(H,38,39,40)(H2,41,42,43,44,52)/t21-,22+,26+,27-/m0/s1. The number of aliphatic hydroxyl groups excluding tert-OH is 3. The van der Waals surface area contributed by atoms with Crippen LogP contribution in [0.25, 0.3) is 17.1 Å². The van der Waals surface area contributed by atoms with Gasteiger partial charge in [0.25, 0.3) is 11.9 Å². The minimum Gasteiger partial charge on any atom is -0.497 e. The molecule has 2 aromatic carbocycles. The molecule has 4 heterocycles. The molecule has 1 fully saturated rings. The second-order valence-electron chi connectivity index (χ2n) is 12.3. The number of carbonyl (C=O) groups is 2.